The number of carbonyl (C=O) groups excluding carboxylic acids is 1. The second kappa shape index (κ2) is 6.25. The number of ether oxygens (including phenoxy) is 1. The number of hydrogen-bond acceptors (Lipinski definition) is 4. The third kappa shape index (κ3) is 3.49. The van der Waals surface area contributed by atoms with Crippen molar-refractivity contribution in [2.75, 3.05) is 20.2 Å². The lowest BCUT2D eigenvalue weighted by Crippen LogP contribution is -2.40. The Hall–Kier alpha value is -2.25. The Balaban J connectivity index is 2.05. The normalized spacial score (nSPS) is 18.1. The first-order chi connectivity index (χ1) is 10.3. The molecule has 0 fully saturated rings. The van der Waals surface area contributed by atoms with Gasteiger partial charge in [-0.3, -0.25) is 10.3 Å². The summed E-state index contributed by atoms with van der Waals surface area (Å²) in [6.45, 7) is 2.28. The van der Waals surface area contributed by atoms with Crippen LogP contribution in [0.2, 0.25) is 0 Å². The fourth-order valence-electron chi connectivity index (χ4n) is 2.16. The zero-order valence-electron chi connectivity index (χ0n) is 12.1. The van der Waals surface area contributed by atoms with Gasteiger partial charge in [0.25, 0.3) is 0 Å². The Morgan fingerprint density at radius 3 is 2.59 bits per heavy atom. The van der Waals surface area contributed by atoms with Crippen LogP contribution in [-0.2, 0) is 10.9 Å². The van der Waals surface area contributed by atoms with Gasteiger partial charge in [0.1, 0.15) is 0 Å². The van der Waals surface area contributed by atoms with E-state index >= 15 is 0 Å². The quantitative estimate of drug-likeness (QED) is 0.913. The van der Waals surface area contributed by atoms with Crippen molar-refractivity contribution in [3.05, 3.63) is 35.4 Å². The minimum Gasteiger partial charge on any atom is -0.450 e. The van der Waals surface area contributed by atoms with Crippen molar-refractivity contribution in [2.45, 2.75) is 19.1 Å². The van der Waals surface area contributed by atoms with Gasteiger partial charge in [0.15, 0.2) is 0 Å². The molecule has 1 aliphatic heterocycles. The standard InChI is InChI=1S/C14H16F3N3O2/c1-3-22-13(21)19-12-18-8-11(20(12)2)9-4-6-10(7-5-9)14(15,16)17/h4-7,11H,3,8H2,1-2H3,(H,18,19,21). The fraction of sp³-hybridized carbons (Fsp3) is 0.429. The Labute approximate surface area is 125 Å². The van der Waals surface area contributed by atoms with Gasteiger partial charge in [0.05, 0.1) is 24.8 Å². The fourth-order valence-corrected chi connectivity index (χ4v) is 2.16. The molecule has 1 unspecified atom stereocenters. The Morgan fingerprint density at radius 1 is 1.41 bits per heavy atom. The molecule has 0 aromatic heterocycles. The molecule has 1 N–H and O–H groups in total. The Kier molecular flexibility index (Phi) is 4.58. The maximum atomic E-state index is 12.6. The number of rotatable bonds is 2. The lowest BCUT2D eigenvalue weighted by atomic mass is 10.0. The molecular weight excluding hydrogens is 299 g/mol. The highest BCUT2D eigenvalue weighted by atomic mass is 19.4. The summed E-state index contributed by atoms with van der Waals surface area (Å²) < 4.78 is 42.4. The van der Waals surface area contributed by atoms with E-state index in [1.807, 2.05) is 0 Å². The number of amides is 1. The topological polar surface area (TPSA) is 53.9 Å². The maximum absolute atomic E-state index is 12.6. The van der Waals surface area contributed by atoms with Gasteiger partial charge in [-0.05, 0) is 24.6 Å². The summed E-state index contributed by atoms with van der Waals surface area (Å²) in [5.41, 5.74) is 0.00241. The van der Waals surface area contributed by atoms with Crippen molar-refractivity contribution in [3.63, 3.8) is 0 Å². The zero-order valence-corrected chi connectivity index (χ0v) is 12.1. The van der Waals surface area contributed by atoms with E-state index in [1.54, 1.807) is 18.9 Å². The number of alkyl halides is 3. The minimum absolute atomic E-state index is 0.223. The number of nitrogens with one attached hydrogen (secondary N) is 1. The predicted molar refractivity (Wildman–Crippen MR) is 74.4 cm³/mol. The smallest absolute Gasteiger partial charge is 0.416 e. The van der Waals surface area contributed by atoms with Crippen molar-refractivity contribution in [1.29, 1.82) is 0 Å². The van der Waals surface area contributed by atoms with Gasteiger partial charge < -0.3 is 9.64 Å². The van der Waals surface area contributed by atoms with Crippen molar-refractivity contribution in [2.24, 2.45) is 4.99 Å². The average molecular weight is 315 g/mol. The van der Waals surface area contributed by atoms with Gasteiger partial charge >= 0.3 is 12.3 Å². The third-order valence-corrected chi connectivity index (χ3v) is 3.33. The molecule has 1 aromatic carbocycles. The van der Waals surface area contributed by atoms with Crippen molar-refractivity contribution >= 4 is 12.1 Å². The molecule has 0 saturated heterocycles. The predicted octanol–water partition coefficient (Wildman–Crippen LogP) is 2.79. The van der Waals surface area contributed by atoms with Crippen molar-refractivity contribution in [1.82, 2.24) is 10.2 Å². The molecule has 0 spiro atoms. The van der Waals surface area contributed by atoms with E-state index in [0.29, 0.717) is 18.1 Å². The van der Waals surface area contributed by atoms with Crippen LogP contribution in [0.1, 0.15) is 24.1 Å². The summed E-state index contributed by atoms with van der Waals surface area (Å²) in [6, 6.07) is 4.71. The molecule has 0 bridgehead atoms. The van der Waals surface area contributed by atoms with Crippen molar-refractivity contribution in [3.8, 4) is 0 Å². The number of alkyl carbamates (subject to hydrolysis) is 1. The maximum Gasteiger partial charge on any atom is 0.416 e. The third-order valence-electron chi connectivity index (χ3n) is 3.33. The average Bonchev–Trinajstić information content (AvgIpc) is 2.80. The number of aliphatic imine (C=N–C) groups is 1. The number of halogens is 3. The molecule has 1 heterocycles. The van der Waals surface area contributed by atoms with Crippen LogP contribution in [0.5, 0.6) is 0 Å². The second-order valence-electron chi connectivity index (χ2n) is 4.76. The summed E-state index contributed by atoms with van der Waals surface area (Å²) in [7, 11) is 1.71. The molecule has 1 aromatic rings. The van der Waals surface area contributed by atoms with E-state index in [2.05, 4.69) is 10.3 Å². The number of likely N-dealkylation sites (N-methyl/N-ethyl adjacent to an activating group) is 1. The summed E-state index contributed by atoms with van der Waals surface area (Å²) in [4.78, 5) is 17.2. The molecule has 1 aliphatic rings. The highest BCUT2D eigenvalue weighted by Gasteiger charge is 2.31. The molecule has 8 heteroatoms. The van der Waals surface area contributed by atoms with Crippen LogP contribution in [0.4, 0.5) is 18.0 Å². The monoisotopic (exact) mass is 315 g/mol. The van der Waals surface area contributed by atoms with Gasteiger partial charge in [0.2, 0.25) is 5.96 Å². The first kappa shape index (κ1) is 16.1. The van der Waals surface area contributed by atoms with Gasteiger partial charge in [0, 0.05) is 7.05 Å². The van der Waals surface area contributed by atoms with Crippen LogP contribution in [0.3, 0.4) is 0 Å². The molecule has 1 atom stereocenters. The zero-order chi connectivity index (χ0) is 16.3. The van der Waals surface area contributed by atoms with Gasteiger partial charge in [-0.1, -0.05) is 12.1 Å². The number of nitrogens with zero attached hydrogens (tertiary/aromatic N) is 2. The molecule has 22 heavy (non-hydrogen) atoms. The van der Waals surface area contributed by atoms with E-state index in [4.69, 9.17) is 4.74 Å². The SMILES string of the molecule is CCOC(=O)NC1=NCC(c2ccc(C(F)(F)F)cc2)N1C. The molecular formula is C14H16F3N3O2. The van der Waals surface area contributed by atoms with E-state index in [9.17, 15) is 18.0 Å². The molecule has 0 radical (unpaired) electrons. The lowest BCUT2D eigenvalue weighted by Gasteiger charge is -2.23. The lowest BCUT2D eigenvalue weighted by molar-refractivity contribution is -0.137. The van der Waals surface area contributed by atoms with E-state index in [-0.39, 0.29) is 12.6 Å². The number of guanidine groups is 1. The molecule has 1 amide bonds. The molecule has 0 saturated carbocycles. The van der Waals surface area contributed by atoms with Crippen LogP contribution >= 0.6 is 0 Å². The molecule has 2 rings (SSSR count). The van der Waals surface area contributed by atoms with E-state index in [0.717, 1.165) is 12.1 Å². The Morgan fingerprint density at radius 2 is 2.05 bits per heavy atom. The van der Waals surface area contributed by atoms with Crippen LogP contribution < -0.4 is 5.32 Å². The highest BCUT2D eigenvalue weighted by molar-refractivity contribution is 5.94. The number of hydrogen-bond donors (Lipinski definition) is 1. The molecule has 0 aliphatic carbocycles. The first-order valence-corrected chi connectivity index (χ1v) is 6.71. The summed E-state index contributed by atoms with van der Waals surface area (Å²) in [5, 5.41) is 2.50. The van der Waals surface area contributed by atoms with Crippen molar-refractivity contribution < 1.29 is 22.7 Å². The van der Waals surface area contributed by atoms with Crippen LogP contribution in [0, 0.1) is 0 Å². The van der Waals surface area contributed by atoms with E-state index in [1.165, 1.54) is 12.1 Å². The summed E-state index contributed by atoms with van der Waals surface area (Å²) >= 11 is 0. The Bertz CT molecular complexity index is 570. The second-order valence-corrected chi connectivity index (χ2v) is 4.76. The van der Waals surface area contributed by atoms with Crippen LogP contribution in [0.25, 0.3) is 0 Å². The summed E-state index contributed by atoms with van der Waals surface area (Å²) in [5.74, 6) is 0.336. The van der Waals surface area contributed by atoms with Gasteiger partial charge in [-0.15, -0.1) is 0 Å². The minimum atomic E-state index is -4.35. The molecule has 5 nitrogen and oxygen atoms in total. The van der Waals surface area contributed by atoms with Crippen LogP contribution in [-0.4, -0.2) is 37.2 Å². The number of benzene rings is 1. The molecule has 120 valence electrons. The largest absolute Gasteiger partial charge is 0.450 e. The highest BCUT2D eigenvalue weighted by Crippen LogP contribution is 2.31. The van der Waals surface area contributed by atoms with Gasteiger partial charge in [-0.25, -0.2) is 4.79 Å². The summed E-state index contributed by atoms with van der Waals surface area (Å²) in [6.07, 6.45) is -4.96. The van der Waals surface area contributed by atoms with Gasteiger partial charge in [-0.2, -0.15) is 13.2 Å². The van der Waals surface area contributed by atoms with E-state index < -0.39 is 17.8 Å². The first-order valence-electron chi connectivity index (χ1n) is 6.71. The number of carbonyl (C=O) groups is 1. The van der Waals surface area contributed by atoms with Crippen LogP contribution in [0.15, 0.2) is 29.3 Å².